The van der Waals surface area contributed by atoms with Gasteiger partial charge in [0.25, 0.3) is 5.56 Å². The summed E-state index contributed by atoms with van der Waals surface area (Å²) in [5, 5.41) is 10.3. The first kappa shape index (κ1) is 20.8. The lowest BCUT2D eigenvalue weighted by atomic mass is 9.96. The fourth-order valence-corrected chi connectivity index (χ4v) is 2.94. The molecule has 0 spiro atoms. The van der Waals surface area contributed by atoms with Gasteiger partial charge in [-0.2, -0.15) is 0 Å². The molecule has 2 heterocycles. The van der Waals surface area contributed by atoms with Crippen LogP contribution in [0.3, 0.4) is 0 Å². The van der Waals surface area contributed by atoms with E-state index in [4.69, 9.17) is 5.11 Å². The quantitative estimate of drug-likeness (QED) is 0.585. The molecule has 0 saturated carbocycles. The normalized spacial score (nSPS) is 16.6. The van der Waals surface area contributed by atoms with Crippen molar-refractivity contribution in [2.24, 2.45) is 0 Å². The van der Waals surface area contributed by atoms with Crippen LogP contribution in [0.5, 0.6) is 0 Å². The van der Waals surface area contributed by atoms with Gasteiger partial charge in [0.05, 0.1) is 18.6 Å². The number of aliphatic hydroxyl groups excluding tert-OH is 1. The lowest BCUT2D eigenvalue weighted by molar-refractivity contribution is -0.108. The fourth-order valence-electron chi connectivity index (χ4n) is 2.94. The molecule has 0 bridgehead atoms. The Bertz CT molecular complexity index is 662. The smallest absolute Gasteiger partial charge is 0.277 e. The SMILES string of the molecule is C/C=C\C(=C/CC)CCC1CCc2ncn(CC=O)c(=O)c2N1.CO. The van der Waals surface area contributed by atoms with Gasteiger partial charge in [-0.25, -0.2) is 4.98 Å². The Balaban J connectivity index is 0.00000151. The van der Waals surface area contributed by atoms with Crippen LogP contribution in [-0.4, -0.2) is 34.1 Å². The second-order valence-corrected chi connectivity index (χ2v) is 5.80. The van der Waals surface area contributed by atoms with E-state index in [1.54, 1.807) is 0 Å². The highest BCUT2D eigenvalue weighted by Crippen LogP contribution is 2.23. The lowest BCUT2D eigenvalue weighted by Gasteiger charge is -2.26. The van der Waals surface area contributed by atoms with Gasteiger partial charge in [0.2, 0.25) is 0 Å². The zero-order valence-electron chi connectivity index (χ0n) is 15.4. The maximum absolute atomic E-state index is 12.4. The zero-order chi connectivity index (χ0) is 18.7. The van der Waals surface area contributed by atoms with Gasteiger partial charge in [-0.1, -0.05) is 30.7 Å². The van der Waals surface area contributed by atoms with E-state index in [9.17, 15) is 9.59 Å². The van der Waals surface area contributed by atoms with Gasteiger partial charge in [-0.3, -0.25) is 9.36 Å². The van der Waals surface area contributed by atoms with Gasteiger partial charge < -0.3 is 15.2 Å². The van der Waals surface area contributed by atoms with Crippen molar-refractivity contribution < 1.29 is 9.90 Å². The van der Waals surface area contributed by atoms with Crippen molar-refractivity contribution in [3.63, 3.8) is 0 Å². The number of hydrogen-bond donors (Lipinski definition) is 2. The number of rotatable bonds is 7. The van der Waals surface area contributed by atoms with Crippen LogP contribution >= 0.6 is 0 Å². The molecular weight excluding hydrogens is 318 g/mol. The lowest BCUT2D eigenvalue weighted by Crippen LogP contribution is -2.34. The molecule has 6 nitrogen and oxygen atoms in total. The summed E-state index contributed by atoms with van der Waals surface area (Å²) >= 11 is 0. The van der Waals surface area contributed by atoms with Gasteiger partial charge in [0.1, 0.15) is 12.0 Å². The molecule has 0 fully saturated rings. The van der Waals surface area contributed by atoms with E-state index in [-0.39, 0.29) is 18.1 Å². The van der Waals surface area contributed by atoms with Gasteiger partial charge in [0.15, 0.2) is 0 Å². The summed E-state index contributed by atoms with van der Waals surface area (Å²) < 4.78 is 1.35. The standard InChI is InChI=1S/C18H25N3O2.CH4O/c1-3-5-14(6-4-2)7-8-15-9-10-16-17(20-15)18(23)21(11-12-22)13-19-16;1-2/h3,5-6,12-13,15,20H,4,7-11H2,1-2H3;2H,1H3/b5-3-,14-6+;. The molecule has 1 atom stereocenters. The number of nitrogens with one attached hydrogen (secondary N) is 1. The Kier molecular flexibility index (Phi) is 9.47. The molecule has 0 radical (unpaired) electrons. The summed E-state index contributed by atoms with van der Waals surface area (Å²) in [6.07, 6.45) is 13.4. The number of fused-ring (bicyclic) bond motifs is 1. The molecule has 1 aromatic heterocycles. The number of aliphatic hydroxyl groups is 1. The van der Waals surface area contributed by atoms with Crippen molar-refractivity contribution >= 4 is 12.0 Å². The van der Waals surface area contributed by atoms with E-state index in [1.807, 2.05) is 6.92 Å². The monoisotopic (exact) mass is 347 g/mol. The number of allylic oxidation sites excluding steroid dienone is 4. The van der Waals surface area contributed by atoms with Gasteiger partial charge in [-0.15, -0.1) is 0 Å². The molecule has 1 aromatic rings. The Hall–Kier alpha value is -2.21. The molecule has 0 amide bonds. The molecule has 2 N–H and O–H groups in total. The Morgan fingerprint density at radius 1 is 1.48 bits per heavy atom. The average Bonchev–Trinajstić information content (AvgIpc) is 2.64. The maximum Gasteiger partial charge on any atom is 0.277 e. The summed E-state index contributed by atoms with van der Waals surface area (Å²) in [6.45, 7) is 4.22. The third-order valence-corrected chi connectivity index (χ3v) is 4.09. The molecule has 0 saturated heterocycles. The summed E-state index contributed by atoms with van der Waals surface area (Å²) in [4.78, 5) is 27.3. The van der Waals surface area contributed by atoms with E-state index in [0.717, 1.165) is 44.9 Å². The molecule has 0 aliphatic carbocycles. The van der Waals surface area contributed by atoms with Crippen molar-refractivity contribution in [2.45, 2.75) is 58.5 Å². The van der Waals surface area contributed by atoms with Gasteiger partial charge >= 0.3 is 0 Å². The largest absolute Gasteiger partial charge is 0.400 e. The van der Waals surface area contributed by atoms with E-state index >= 15 is 0 Å². The number of anilines is 1. The summed E-state index contributed by atoms with van der Waals surface area (Å²) in [5.41, 5.74) is 2.57. The second-order valence-electron chi connectivity index (χ2n) is 5.80. The maximum atomic E-state index is 12.4. The molecule has 25 heavy (non-hydrogen) atoms. The van der Waals surface area contributed by atoms with Gasteiger partial charge in [-0.05, 0) is 39.0 Å². The van der Waals surface area contributed by atoms with Crippen LogP contribution in [0.25, 0.3) is 0 Å². The van der Waals surface area contributed by atoms with Crippen LogP contribution in [0.2, 0.25) is 0 Å². The van der Waals surface area contributed by atoms with Crippen molar-refractivity contribution in [1.82, 2.24) is 9.55 Å². The molecule has 2 rings (SSSR count). The molecule has 1 aliphatic rings. The van der Waals surface area contributed by atoms with Crippen molar-refractivity contribution in [2.75, 3.05) is 12.4 Å². The average molecular weight is 347 g/mol. The van der Waals surface area contributed by atoms with Crippen LogP contribution in [0.1, 0.15) is 45.2 Å². The zero-order valence-corrected chi connectivity index (χ0v) is 15.4. The summed E-state index contributed by atoms with van der Waals surface area (Å²) in [7, 11) is 1.00. The minimum atomic E-state index is -0.149. The van der Waals surface area contributed by atoms with E-state index < -0.39 is 0 Å². The molecule has 6 heteroatoms. The Morgan fingerprint density at radius 2 is 2.24 bits per heavy atom. The number of nitrogens with zero attached hydrogens (tertiary/aromatic N) is 2. The van der Waals surface area contributed by atoms with E-state index in [2.05, 4.69) is 35.5 Å². The predicted molar refractivity (Wildman–Crippen MR) is 101 cm³/mol. The molecule has 138 valence electrons. The number of aryl methyl sites for hydroxylation is 1. The van der Waals surface area contributed by atoms with Crippen molar-refractivity contribution in [1.29, 1.82) is 0 Å². The molecule has 1 unspecified atom stereocenters. The molecule has 0 aromatic carbocycles. The Morgan fingerprint density at radius 3 is 2.88 bits per heavy atom. The summed E-state index contributed by atoms with van der Waals surface area (Å²) in [5.74, 6) is 0. The first-order valence-corrected chi connectivity index (χ1v) is 8.74. The topological polar surface area (TPSA) is 84.2 Å². The number of aldehydes is 1. The van der Waals surface area contributed by atoms with Crippen molar-refractivity contribution in [3.05, 3.63) is 46.2 Å². The second kappa shape index (κ2) is 11.4. The minimum absolute atomic E-state index is 0.0517. The molecule has 1 aliphatic heterocycles. The highest BCUT2D eigenvalue weighted by atomic mass is 16.2. The highest BCUT2D eigenvalue weighted by molar-refractivity contribution is 5.52. The van der Waals surface area contributed by atoms with Crippen LogP contribution in [-0.2, 0) is 17.8 Å². The molecular formula is C19H29N3O3. The van der Waals surface area contributed by atoms with Crippen LogP contribution in [0.15, 0.2) is 34.9 Å². The highest BCUT2D eigenvalue weighted by Gasteiger charge is 2.22. The first-order chi connectivity index (χ1) is 12.2. The van der Waals surface area contributed by atoms with Crippen LogP contribution in [0.4, 0.5) is 5.69 Å². The van der Waals surface area contributed by atoms with Gasteiger partial charge in [0, 0.05) is 13.2 Å². The number of aromatic nitrogens is 2. The van der Waals surface area contributed by atoms with Crippen molar-refractivity contribution in [3.8, 4) is 0 Å². The van der Waals surface area contributed by atoms with E-state index in [0.29, 0.717) is 12.0 Å². The van der Waals surface area contributed by atoms with Crippen LogP contribution in [0, 0.1) is 0 Å². The number of hydrogen-bond acceptors (Lipinski definition) is 5. The first-order valence-electron chi connectivity index (χ1n) is 8.74. The fraction of sp³-hybridized carbons (Fsp3) is 0.526. The minimum Gasteiger partial charge on any atom is -0.400 e. The summed E-state index contributed by atoms with van der Waals surface area (Å²) in [6, 6.07) is 0.273. The Labute approximate surface area is 149 Å². The number of carbonyl (C=O) groups excluding carboxylic acids is 1. The van der Waals surface area contributed by atoms with E-state index in [1.165, 1.54) is 16.5 Å². The van der Waals surface area contributed by atoms with Crippen LogP contribution < -0.4 is 10.9 Å². The number of carbonyl (C=O) groups is 1. The third kappa shape index (κ3) is 5.98. The predicted octanol–water partition coefficient (Wildman–Crippen LogP) is 2.47. The third-order valence-electron chi connectivity index (χ3n) is 4.09.